The van der Waals surface area contributed by atoms with Crippen molar-refractivity contribution in [1.82, 2.24) is 9.97 Å². The molecule has 2 rings (SSSR count). The van der Waals surface area contributed by atoms with Crippen LogP contribution in [-0.2, 0) is 0 Å². The second-order valence-corrected chi connectivity index (χ2v) is 4.58. The first-order valence-corrected chi connectivity index (χ1v) is 6.13. The molecule has 6 heteroatoms. The summed E-state index contributed by atoms with van der Waals surface area (Å²) in [6.07, 6.45) is 1.33. The minimum atomic E-state index is -0.264. The van der Waals surface area contributed by atoms with Crippen molar-refractivity contribution in [3.8, 4) is 0 Å². The fourth-order valence-electron chi connectivity index (χ4n) is 1.83. The maximum Gasteiger partial charge on any atom is 0.153 e. The van der Waals surface area contributed by atoms with Crippen molar-refractivity contribution in [3.63, 3.8) is 0 Å². The Balaban J connectivity index is 2.37. The van der Waals surface area contributed by atoms with Crippen LogP contribution in [-0.4, -0.2) is 17.0 Å². The van der Waals surface area contributed by atoms with E-state index in [0.717, 1.165) is 0 Å². The second-order valence-electron chi connectivity index (χ2n) is 4.20. The number of hydrogen-bond donors (Lipinski definition) is 1. The summed E-state index contributed by atoms with van der Waals surface area (Å²) in [5.74, 6) is 0.421. The SMILES string of the molecule is CC(c1ccccc1F)N(C)c1ncnc(N)c1Cl. The zero-order valence-electron chi connectivity index (χ0n) is 10.6. The quantitative estimate of drug-likeness (QED) is 0.939. The molecule has 0 saturated heterocycles. The minimum absolute atomic E-state index is 0.208. The molecule has 0 bridgehead atoms. The third kappa shape index (κ3) is 2.61. The Morgan fingerprint density at radius 1 is 1.32 bits per heavy atom. The van der Waals surface area contributed by atoms with E-state index in [2.05, 4.69) is 9.97 Å². The molecule has 0 saturated carbocycles. The van der Waals surface area contributed by atoms with Crippen LogP contribution >= 0.6 is 11.6 Å². The first-order valence-electron chi connectivity index (χ1n) is 5.75. The average Bonchev–Trinajstić information content (AvgIpc) is 2.41. The molecule has 0 spiro atoms. The van der Waals surface area contributed by atoms with Gasteiger partial charge in [-0.2, -0.15) is 0 Å². The van der Waals surface area contributed by atoms with E-state index >= 15 is 0 Å². The Morgan fingerprint density at radius 2 is 2.00 bits per heavy atom. The summed E-state index contributed by atoms with van der Waals surface area (Å²) in [6, 6.07) is 6.37. The molecule has 2 N–H and O–H groups in total. The highest BCUT2D eigenvalue weighted by atomic mass is 35.5. The van der Waals surface area contributed by atoms with Crippen LogP contribution in [0.3, 0.4) is 0 Å². The normalized spacial score (nSPS) is 12.2. The zero-order chi connectivity index (χ0) is 14.0. The van der Waals surface area contributed by atoms with Crippen molar-refractivity contribution in [3.05, 3.63) is 47.0 Å². The van der Waals surface area contributed by atoms with Gasteiger partial charge in [0, 0.05) is 12.6 Å². The summed E-state index contributed by atoms with van der Waals surface area (Å²) in [4.78, 5) is 9.66. The largest absolute Gasteiger partial charge is 0.382 e. The predicted molar refractivity (Wildman–Crippen MR) is 74.7 cm³/mol. The molecule has 1 aromatic heterocycles. The lowest BCUT2D eigenvalue weighted by Crippen LogP contribution is -2.24. The van der Waals surface area contributed by atoms with E-state index in [-0.39, 0.29) is 22.7 Å². The summed E-state index contributed by atoms with van der Waals surface area (Å²) in [7, 11) is 1.78. The molecule has 1 unspecified atom stereocenters. The van der Waals surface area contributed by atoms with Crippen LogP contribution in [0.25, 0.3) is 0 Å². The van der Waals surface area contributed by atoms with Crippen LogP contribution in [0, 0.1) is 5.82 Å². The van der Waals surface area contributed by atoms with Crippen LogP contribution < -0.4 is 10.6 Å². The molecule has 0 aliphatic rings. The maximum atomic E-state index is 13.8. The van der Waals surface area contributed by atoms with E-state index in [1.165, 1.54) is 12.4 Å². The van der Waals surface area contributed by atoms with Gasteiger partial charge < -0.3 is 10.6 Å². The van der Waals surface area contributed by atoms with Crippen molar-refractivity contribution in [2.45, 2.75) is 13.0 Å². The lowest BCUT2D eigenvalue weighted by Gasteiger charge is -2.27. The molecule has 0 fully saturated rings. The molecule has 19 heavy (non-hydrogen) atoms. The maximum absolute atomic E-state index is 13.8. The highest BCUT2D eigenvalue weighted by molar-refractivity contribution is 6.35. The molecule has 1 aromatic carbocycles. The molecule has 100 valence electrons. The van der Waals surface area contributed by atoms with E-state index in [1.54, 1.807) is 30.1 Å². The van der Waals surface area contributed by atoms with Crippen LogP contribution in [0.5, 0.6) is 0 Å². The van der Waals surface area contributed by atoms with E-state index < -0.39 is 0 Å². The van der Waals surface area contributed by atoms with Gasteiger partial charge >= 0.3 is 0 Å². The number of hydrogen-bond acceptors (Lipinski definition) is 4. The molecule has 0 aliphatic carbocycles. The summed E-state index contributed by atoms with van der Waals surface area (Å²) in [5, 5.41) is 0.271. The lowest BCUT2D eigenvalue weighted by molar-refractivity contribution is 0.584. The molecule has 4 nitrogen and oxygen atoms in total. The number of anilines is 2. The third-order valence-electron chi connectivity index (χ3n) is 3.07. The number of halogens is 2. The number of rotatable bonds is 3. The van der Waals surface area contributed by atoms with Gasteiger partial charge in [-0.15, -0.1) is 0 Å². The summed E-state index contributed by atoms with van der Waals surface area (Å²) < 4.78 is 13.8. The summed E-state index contributed by atoms with van der Waals surface area (Å²) in [5.41, 5.74) is 6.21. The van der Waals surface area contributed by atoms with Gasteiger partial charge in [0.25, 0.3) is 0 Å². The van der Waals surface area contributed by atoms with Gasteiger partial charge in [0.1, 0.15) is 23.0 Å². The molecule has 0 amide bonds. The fraction of sp³-hybridized carbons (Fsp3) is 0.231. The second kappa shape index (κ2) is 5.40. The highest BCUT2D eigenvalue weighted by Gasteiger charge is 2.19. The Hall–Kier alpha value is -1.88. The Kier molecular flexibility index (Phi) is 3.85. The number of nitrogens with zero attached hydrogens (tertiary/aromatic N) is 3. The first kappa shape index (κ1) is 13.5. The molecule has 0 radical (unpaired) electrons. The Bertz CT molecular complexity index is 591. The number of nitrogens with two attached hydrogens (primary N) is 1. The number of aromatic nitrogens is 2. The van der Waals surface area contributed by atoms with Gasteiger partial charge in [0.05, 0.1) is 6.04 Å². The molecule has 0 aliphatic heterocycles. The first-order chi connectivity index (χ1) is 9.02. The van der Waals surface area contributed by atoms with Gasteiger partial charge in [-0.1, -0.05) is 29.8 Å². The lowest BCUT2D eigenvalue weighted by atomic mass is 10.1. The van der Waals surface area contributed by atoms with Crippen molar-refractivity contribution < 1.29 is 4.39 Å². The van der Waals surface area contributed by atoms with Gasteiger partial charge in [-0.3, -0.25) is 0 Å². The van der Waals surface area contributed by atoms with Crippen molar-refractivity contribution in [2.75, 3.05) is 17.7 Å². The molecular formula is C13H14ClFN4. The molecule has 2 aromatic rings. The van der Waals surface area contributed by atoms with Gasteiger partial charge in [0.15, 0.2) is 5.82 Å². The van der Waals surface area contributed by atoms with Crippen molar-refractivity contribution >= 4 is 23.2 Å². The van der Waals surface area contributed by atoms with Crippen molar-refractivity contribution in [1.29, 1.82) is 0 Å². The number of benzene rings is 1. The summed E-state index contributed by atoms with van der Waals surface area (Å²) >= 11 is 6.07. The monoisotopic (exact) mass is 280 g/mol. The predicted octanol–water partition coefficient (Wildman–Crippen LogP) is 3.05. The summed E-state index contributed by atoms with van der Waals surface area (Å²) in [6.45, 7) is 1.87. The number of nitrogen functional groups attached to an aromatic ring is 1. The average molecular weight is 281 g/mol. The zero-order valence-corrected chi connectivity index (χ0v) is 11.4. The topological polar surface area (TPSA) is 55.0 Å². The Morgan fingerprint density at radius 3 is 2.68 bits per heavy atom. The van der Waals surface area contributed by atoms with Gasteiger partial charge in [-0.05, 0) is 13.0 Å². The van der Waals surface area contributed by atoms with Crippen LogP contribution in [0.15, 0.2) is 30.6 Å². The van der Waals surface area contributed by atoms with E-state index in [4.69, 9.17) is 17.3 Å². The van der Waals surface area contributed by atoms with E-state index in [9.17, 15) is 4.39 Å². The minimum Gasteiger partial charge on any atom is -0.382 e. The Labute approximate surface area is 116 Å². The van der Waals surface area contributed by atoms with Gasteiger partial charge in [-0.25, -0.2) is 14.4 Å². The molecule has 1 heterocycles. The van der Waals surface area contributed by atoms with Crippen LogP contribution in [0.1, 0.15) is 18.5 Å². The van der Waals surface area contributed by atoms with E-state index in [0.29, 0.717) is 11.4 Å². The fourth-order valence-corrected chi connectivity index (χ4v) is 2.06. The molecular weight excluding hydrogens is 267 g/mol. The third-order valence-corrected chi connectivity index (χ3v) is 3.43. The standard InChI is InChI=1S/C13H14ClFN4/c1-8(9-5-3-4-6-10(9)15)19(2)13-11(14)12(16)17-7-18-13/h3-8H,1-2H3,(H2,16,17,18). The van der Waals surface area contributed by atoms with Crippen LogP contribution in [0.2, 0.25) is 5.02 Å². The smallest absolute Gasteiger partial charge is 0.153 e. The molecule has 1 atom stereocenters. The van der Waals surface area contributed by atoms with E-state index in [1.807, 2.05) is 6.92 Å². The van der Waals surface area contributed by atoms with Crippen LogP contribution in [0.4, 0.5) is 16.0 Å². The highest BCUT2D eigenvalue weighted by Crippen LogP contribution is 2.32. The van der Waals surface area contributed by atoms with Gasteiger partial charge in [0.2, 0.25) is 0 Å². The van der Waals surface area contributed by atoms with Crippen molar-refractivity contribution in [2.24, 2.45) is 0 Å².